The van der Waals surface area contributed by atoms with E-state index in [4.69, 9.17) is 58.0 Å². The summed E-state index contributed by atoms with van der Waals surface area (Å²) in [5.41, 5.74) is 1.51. The second kappa shape index (κ2) is 6.79. The van der Waals surface area contributed by atoms with Crippen molar-refractivity contribution in [1.29, 1.82) is 0 Å². The molecule has 0 spiro atoms. The summed E-state index contributed by atoms with van der Waals surface area (Å²) < 4.78 is 12.0. The van der Waals surface area contributed by atoms with E-state index in [1.54, 1.807) is 19.1 Å². The molecule has 132 valence electrons. The maximum absolute atomic E-state index is 13.3. The van der Waals surface area contributed by atoms with Crippen LogP contribution in [-0.4, -0.2) is 10.2 Å². The Morgan fingerprint density at radius 3 is 2.28 bits per heavy atom. The third kappa shape index (κ3) is 3.58. The molecule has 2 atom stereocenters. The van der Waals surface area contributed by atoms with E-state index in [2.05, 4.69) is 5.32 Å². The molecule has 0 bridgehead atoms. The SMILES string of the molecule is Cc1cc(NC(=O)C2C(c3cc(Cl)c(Cl)c(Cl)c3)C2(Cl)Cl)ccc1F. The lowest BCUT2D eigenvalue weighted by Gasteiger charge is -2.07. The number of hydrogen-bond donors (Lipinski definition) is 1. The fourth-order valence-electron chi connectivity index (χ4n) is 2.76. The lowest BCUT2D eigenvalue weighted by Crippen LogP contribution is -2.17. The average molecular weight is 442 g/mol. The molecule has 1 N–H and O–H groups in total. The lowest BCUT2D eigenvalue weighted by molar-refractivity contribution is -0.117. The van der Waals surface area contributed by atoms with Gasteiger partial charge in [0.2, 0.25) is 5.91 Å². The number of nitrogens with one attached hydrogen (secondary N) is 1. The number of benzene rings is 2. The Morgan fingerprint density at radius 2 is 1.72 bits per heavy atom. The average Bonchev–Trinajstić information content (AvgIpc) is 3.10. The van der Waals surface area contributed by atoms with Crippen LogP contribution >= 0.6 is 58.0 Å². The standard InChI is InChI=1S/C17H11Cl5FNO/c1-7-4-9(2-3-12(7)23)24-16(25)14-13(17(14,21)22)8-5-10(18)15(20)11(19)6-8/h2-6,13-14H,1H3,(H,24,25). The molecule has 1 amide bonds. The molecule has 1 aliphatic rings. The number of alkyl halides is 2. The Bertz CT molecular complexity index is 847. The van der Waals surface area contributed by atoms with Crippen molar-refractivity contribution in [1.82, 2.24) is 0 Å². The Kier molecular flexibility index (Phi) is 5.18. The summed E-state index contributed by atoms with van der Waals surface area (Å²) in [7, 11) is 0. The molecule has 25 heavy (non-hydrogen) atoms. The summed E-state index contributed by atoms with van der Waals surface area (Å²) in [6.45, 7) is 1.61. The van der Waals surface area contributed by atoms with Gasteiger partial charge in [-0.15, -0.1) is 23.2 Å². The van der Waals surface area contributed by atoms with Crippen molar-refractivity contribution in [2.45, 2.75) is 17.2 Å². The molecule has 2 nitrogen and oxygen atoms in total. The summed E-state index contributed by atoms with van der Waals surface area (Å²) in [4.78, 5) is 12.5. The van der Waals surface area contributed by atoms with Crippen LogP contribution in [0.4, 0.5) is 10.1 Å². The quantitative estimate of drug-likeness (QED) is 0.421. The molecule has 1 fully saturated rings. The van der Waals surface area contributed by atoms with Gasteiger partial charge in [-0.3, -0.25) is 4.79 Å². The van der Waals surface area contributed by atoms with Crippen LogP contribution in [0.5, 0.6) is 0 Å². The molecule has 0 saturated heterocycles. The van der Waals surface area contributed by atoms with E-state index in [0.29, 0.717) is 16.8 Å². The van der Waals surface area contributed by atoms with Gasteiger partial charge in [0.25, 0.3) is 0 Å². The first-order valence-corrected chi connectivity index (χ1v) is 9.11. The summed E-state index contributed by atoms with van der Waals surface area (Å²) in [6.07, 6.45) is 0. The van der Waals surface area contributed by atoms with Crippen LogP contribution in [0.25, 0.3) is 0 Å². The van der Waals surface area contributed by atoms with E-state index >= 15 is 0 Å². The Labute approximate surface area is 169 Å². The van der Waals surface area contributed by atoms with Crippen LogP contribution in [0.1, 0.15) is 17.0 Å². The first-order valence-electron chi connectivity index (χ1n) is 7.22. The predicted molar refractivity (Wildman–Crippen MR) is 102 cm³/mol. The highest BCUT2D eigenvalue weighted by Gasteiger charge is 2.67. The second-order valence-corrected chi connectivity index (χ2v) is 8.52. The molecule has 0 aliphatic heterocycles. The first-order chi connectivity index (χ1) is 11.6. The fourth-order valence-corrected chi connectivity index (χ4v) is 4.21. The Hall–Kier alpha value is -0.710. The highest BCUT2D eigenvalue weighted by atomic mass is 35.5. The topological polar surface area (TPSA) is 29.1 Å². The van der Waals surface area contributed by atoms with E-state index < -0.39 is 16.2 Å². The monoisotopic (exact) mass is 439 g/mol. The molecule has 0 aromatic heterocycles. The van der Waals surface area contributed by atoms with E-state index in [-0.39, 0.29) is 26.8 Å². The minimum atomic E-state index is -1.29. The molecule has 2 aromatic carbocycles. The molecule has 1 aliphatic carbocycles. The minimum Gasteiger partial charge on any atom is -0.326 e. The van der Waals surface area contributed by atoms with E-state index in [1.165, 1.54) is 18.2 Å². The van der Waals surface area contributed by atoms with Gasteiger partial charge in [0.15, 0.2) is 0 Å². The van der Waals surface area contributed by atoms with Gasteiger partial charge >= 0.3 is 0 Å². The van der Waals surface area contributed by atoms with Gasteiger partial charge in [-0.2, -0.15) is 0 Å². The van der Waals surface area contributed by atoms with Crippen molar-refractivity contribution in [3.05, 3.63) is 62.3 Å². The lowest BCUT2D eigenvalue weighted by atomic mass is 10.1. The third-order valence-electron chi connectivity index (χ3n) is 4.13. The number of hydrogen-bond acceptors (Lipinski definition) is 1. The number of aryl methyl sites for hydroxylation is 1. The molecule has 3 rings (SSSR count). The zero-order valence-corrected chi connectivity index (χ0v) is 16.5. The van der Waals surface area contributed by atoms with Gasteiger partial charge in [0, 0.05) is 11.6 Å². The summed E-state index contributed by atoms with van der Waals surface area (Å²) in [5, 5.41) is 3.44. The molecule has 0 radical (unpaired) electrons. The highest BCUT2D eigenvalue weighted by molar-refractivity contribution is 6.54. The summed E-state index contributed by atoms with van der Waals surface area (Å²) in [5.74, 6) is -1.90. The molecule has 1 saturated carbocycles. The smallest absolute Gasteiger partial charge is 0.231 e. The van der Waals surface area contributed by atoms with Crippen LogP contribution < -0.4 is 5.32 Å². The van der Waals surface area contributed by atoms with Crippen molar-refractivity contribution >= 4 is 69.6 Å². The van der Waals surface area contributed by atoms with Crippen molar-refractivity contribution in [3.8, 4) is 0 Å². The number of anilines is 1. The van der Waals surface area contributed by atoms with E-state index in [0.717, 1.165) is 0 Å². The second-order valence-electron chi connectivity index (χ2n) is 5.88. The molecular formula is C17H11Cl5FNO. The highest BCUT2D eigenvalue weighted by Crippen LogP contribution is 2.65. The van der Waals surface area contributed by atoms with Crippen molar-refractivity contribution < 1.29 is 9.18 Å². The first kappa shape index (κ1) is 19.1. The van der Waals surface area contributed by atoms with Gasteiger partial charge in [-0.05, 0) is 48.4 Å². The Morgan fingerprint density at radius 1 is 1.12 bits per heavy atom. The van der Waals surface area contributed by atoms with Crippen LogP contribution in [0, 0.1) is 18.7 Å². The predicted octanol–water partition coefficient (Wildman–Crippen LogP) is 6.62. The van der Waals surface area contributed by atoms with Crippen LogP contribution in [0.2, 0.25) is 15.1 Å². The summed E-state index contributed by atoms with van der Waals surface area (Å²) >= 11 is 30.6. The van der Waals surface area contributed by atoms with Gasteiger partial charge in [-0.1, -0.05) is 34.8 Å². The van der Waals surface area contributed by atoms with E-state index in [1.807, 2.05) is 0 Å². The summed E-state index contributed by atoms with van der Waals surface area (Å²) in [6, 6.07) is 7.47. The van der Waals surface area contributed by atoms with Gasteiger partial charge in [0.1, 0.15) is 10.2 Å². The van der Waals surface area contributed by atoms with Crippen LogP contribution in [-0.2, 0) is 4.79 Å². The van der Waals surface area contributed by atoms with Gasteiger partial charge in [0.05, 0.1) is 21.0 Å². The number of rotatable bonds is 3. The number of amides is 1. The van der Waals surface area contributed by atoms with Crippen molar-refractivity contribution in [2.24, 2.45) is 5.92 Å². The van der Waals surface area contributed by atoms with E-state index in [9.17, 15) is 9.18 Å². The molecule has 2 unspecified atom stereocenters. The van der Waals surface area contributed by atoms with Crippen molar-refractivity contribution in [3.63, 3.8) is 0 Å². The zero-order chi connectivity index (χ0) is 18.5. The number of carbonyl (C=O) groups is 1. The van der Waals surface area contributed by atoms with Gasteiger partial charge in [-0.25, -0.2) is 4.39 Å². The molecule has 8 heteroatoms. The fraction of sp³-hybridized carbons (Fsp3) is 0.235. The largest absolute Gasteiger partial charge is 0.326 e. The number of carbonyl (C=O) groups excluding carboxylic acids is 1. The Balaban J connectivity index is 1.83. The maximum Gasteiger partial charge on any atom is 0.231 e. The van der Waals surface area contributed by atoms with Crippen molar-refractivity contribution in [2.75, 3.05) is 5.32 Å². The van der Waals surface area contributed by atoms with Crippen LogP contribution in [0.3, 0.4) is 0 Å². The number of halogens is 6. The van der Waals surface area contributed by atoms with Crippen LogP contribution in [0.15, 0.2) is 30.3 Å². The van der Waals surface area contributed by atoms with Gasteiger partial charge < -0.3 is 5.32 Å². The normalized spacial score (nSPS) is 21.1. The molecule has 0 heterocycles. The maximum atomic E-state index is 13.3. The zero-order valence-electron chi connectivity index (χ0n) is 12.7. The molecule has 2 aromatic rings. The molecular weight excluding hydrogens is 430 g/mol. The minimum absolute atomic E-state index is 0.227. The third-order valence-corrected chi connectivity index (χ3v) is 6.26.